The fraction of sp³-hybridized carbons (Fsp3) is 0.429. The molecule has 0 saturated heterocycles. The Morgan fingerprint density at radius 3 is 3.06 bits per heavy atom. The molecule has 1 aliphatic carbocycles. The van der Waals surface area contributed by atoms with Crippen LogP contribution in [0, 0.1) is 5.92 Å². The van der Waals surface area contributed by atoms with Crippen molar-refractivity contribution in [2.75, 3.05) is 0 Å². The average Bonchev–Trinajstić information content (AvgIpc) is 2.36. The molecule has 0 aromatic heterocycles. The highest BCUT2D eigenvalue weighted by molar-refractivity contribution is 9.10. The molecule has 2 rings (SSSR count). The molecule has 0 heterocycles. The van der Waals surface area contributed by atoms with E-state index < -0.39 is 0 Å². The van der Waals surface area contributed by atoms with Gasteiger partial charge in [-0.2, -0.15) is 5.10 Å². The first-order valence-corrected chi connectivity index (χ1v) is 7.06. The Morgan fingerprint density at radius 1 is 1.50 bits per heavy atom. The van der Waals surface area contributed by atoms with Crippen LogP contribution in [0.3, 0.4) is 0 Å². The fourth-order valence-electron chi connectivity index (χ4n) is 2.19. The molecule has 0 bridgehead atoms. The third-order valence-electron chi connectivity index (χ3n) is 3.15. The smallest absolute Gasteiger partial charge is 0.267 e. The number of amides is 1. The van der Waals surface area contributed by atoms with Gasteiger partial charge in [0.25, 0.3) is 5.91 Å². The summed E-state index contributed by atoms with van der Waals surface area (Å²) in [5, 5.41) is 4.24. The van der Waals surface area contributed by atoms with Crippen molar-refractivity contribution in [3.63, 3.8) is 0 Å². The van der Waals surface area contributed by atoms with Crippen molar-refractivity contribution >= 4 is 27.5 Å². The molecule has 0 radical (unpaired) electrons. The molecule has 1 aromatic rings. The van der Waals surface area contributed by atoms with Crippen LogP contribution in [0.25, 0.3) is 0 Å². The van der Waals surface area contributed by atoms with Crippen molar-refractivity contribution in [2.45, 2.75) is 32.6 Å². The van der Waals surface area contributed by atoms with E-state index in [-0.39, 0.29) is 5.91 Å². The Labute approximate surface area is 116 Å². The summed E-state index contributed by atoms with van der Waals surface area (Å²) in [6.45, 7) is 2.23. The van der Waals surface area contributed by atoms with Gasteiger partial charge in [0, 0.05) is 15.7 Å². The van der Waals surface area contributed by atoms with Crippen LogP contribution in [0.2, 0.25) is 0 Å². The van der Waals surface area contributed by atoms with Gasteiger partial charge < -0.3 is 0 Å². The first kappa shape index (κ1) is 13.3. The van der Waals surface area contributed by atoms with Gasteiger partial charge in [-0.1, -0.05) is 28.9 Å². The number of nitrogens with one attached hydrogen (secondary N) is 1. The van der Waals surface area contributed by atoms with Crippen molar-refractivity contribution < 1.29 is 4.79 Å². The average molecular weight is 309 g/mol. The van der Waals surface area contributed by atoms with E-state index in [0.29, 0.717) is 11.5 Å². The molecule has 1 atom stereocenters. The largest absolute Gasteiger partial charge is 0.271 e. The van der Waals surface area contributed by atoms with E-state index in [1.54, 1.807) is 12.1 Å². The highest BCUT2D eigenvalue weighted by Gasteiger charge is 2.14. The number of halogens is 1. The summed E-state index contributed by atoms with van der Waals surface area (Å²) in [6.07, 6.45) is 4.44. The Bertz CT molecular complexity index is 471. The number of rotatable bonds is 2. The lowest BCUT2D eigenvalue weighted by molar-refractivity contribution is 0.0954. The van der Waals surface area contributed by atoms with Gasteiger partial charge in [-0.3, -0.25) is 4.79 Å². The van der Waals surface area contributed by atoms with E-state index in [9.17, 15) is 4.79 Å². The van der Waals surface area contributed by atoms with Crippen LogP contribution in [-0.4, -0.2) is 11.6 Å². The minimum atomic E-state index is -0.151. The van der Waals surface area contributed by atoms with Crippen molar-refractivity contribution in [1.29, 1.82) is 0 Å². The Morgan fingerprint density at radius 2 is 2.33 bits per heavy atom. The number of hydrogen-bond donors (Lipinski definition) is 1. The Balaban J connectivity index is 1.97. The highest BCUT2D eigenvalue weighted by atomic mass is 79.9. The number of nitrogens with zero attached hydrogens (tertiary/aromatic N) is 1. The van der Waals surface area contributed by atoms with Crippen molar-refractivity contribution in [3.8, 4) is 0 Å². The normalized spacial score (nSPS) is 21.9. The monoisotopic (exact) mass is 308 g/mol. The molecule has 0 aliphatic heterocycles. The second-order valence-electron chi connectivity index (χ2n) is 4.83. The zero-order valence-electron chi connectivity index (χ0n) is 10.4. The molecule has 3 nitrogen and oxygen atoms in total. The summed E-state index contributed by atoms with van der Waals surface area (Å²) >= 11 is 3.35. The summed E-state index contributed by atoms with van der Waals surface area (Å²) in [5.41, 5.74) is 4.38. The van der Waals surface area contributed by atoms with Crippen LogP contribution < -0.4 is 5.43 Å². The van der Waals surface area contributed by atoms with E-state index in [1.165, 1.54) is 12.8 Å². The standard InChI is InChI=1S/C14H17BrN2O/c1-10-4-2-7-13(8-10)16-17-14(18)11-5-3-6-12(15)9-11/h3,5-6,9-10H,2,4,7-8H2,1H3,(H,17,18)/b16-13-. The maximum Gasteiger partial charge on any atom is 0.271 e. The van der Waals surface area contributed by atoms with Gasteiger partial charge >= 0.3 is 0 Å². The van der Waals surface area contributed by atoms with E-state index in [1.807, 2.05) is 12.1 Å². The molecule has 4 heteroatoms. The van der Waals surface area contributed by atoms with Crippen LogP contribution in [0.1, 0.15) is 43.0 Å². The molecule has 0 spiro atoms. The third-order valence-corrected chi connectivity index (χ3v) is 3.64. The molecule has 1 aromatic carbocycles. The molecule has 1 amide bonds. The lowest BCUT2D eigenvalue weighted by atomic mass is 9.89. The van der Waals surface area contributed by atoms with Crippen LogP contribution >= 0.6 is 15.9 Å². The minimum absolute atomic E-state index is 0.151. The summed E-state index contributed by atoms with van der Waals surface area (Å²) in [6, 6.07) is 7.31. The van der Waals surface area contributed by atoms with E-state index >= 15 is 0 Å². The predicted molar refractivity (Wildman–Crippen MR) is 76.7 cm³/mol. The zero-order valence-corrected chi connectivity index (χ0v) is 12.0. The second-order valence-corrected chi connectivity index (χ2v) is 5.75. The Kier molecular flexibility index (Phi) is 4.53. The first-order chi connectivity index (χ1) is 8.65. The van der Waals surface area contributed by atoms with Gasteiger partial charge in [0.05, 0.1) is 0 Å². The van der Waals surface area contributed by atoms with Crippen LogP contribution in [0.4, 0.5) is 0 Å². The molecular weight excluding hydrogens is 292 g/mol. The van der Waals surface area contributed by atoms with Crippen LogP contribution in [0.15, 0.2) is 33.8 Å². The molecule has 1 saturated carbocycles. The van der Waals surface area contributed by atoms with Gasteiger partial charge in [0.2, 0.25) is 0 Å². The lowest BCUT2D eigenvalue weighted by Gasteiger charge is -2.18. The van der Waals surface area contributed by atoms with Gasteiger partial charge in [0.1, 0.15) is 0 Å². The van der Waals surface area contributed by atoms with Gasteiger partial charge in [-0.15, -0.1) is 0 Å². The molecule has 1 aliphatic rings. The minimum Gasteiger partial charge on any atom is -0.267 e. The molecule has 18 heavy (non-hydrogen) atoms. The SMILES string of the molecule is CC1CCC/C(=N/NC(=O)c2cccc(Br)c2)C1. The second kappa shape index (κ2) is 6.14. The summed E-state index contributed by atoms with van der Waals surface area (Å²) in [4.78, 5) is 11.9. The van der Waals surface area contributed by atoms with Gasteiger partial charge in [-0.25, -0.2) is 5.43 Å². The van der Waals surface area contributed by atoms with Crippen LogP contribution in [0.5, 0.6) is 0 Å². The third kappa shape index (κ3) is 3.67. The molecular formula is C14H17BrN2O. The van der Waals surface area contributed by atoms with E-state index in [0.717, 1.165) is 23.0 Å². The van der Waals surface area contributed by atoms with Crippen LogP contribution in [-0.2, 0) is 0 Å². The number of benzene rings is 1. The summed E-state index contributed by atoms with van der Waals surface area (Å²) in [7, 11) is 0. The number of hydrogen-bond acceptors (Lipinski definition) is 2. The maximum absolute atomic E-state index is 11.9. The van der Waals surface area contributed by atoms with Crippen molar-refractivity contribution in [1.82, 2.24) is 5.43 Å². The van der Waals surface area contributed by atoms with Gasteiger partial charge in [0.15, 0.2) is 0 Å². The molecule has 1 unspecified atom stereocenters. The van der Waals surface area contributed by atoms with E-state index in [2.05, 4.69) is 33.4 Å². The quantitative estimate of drug-likeness (QED) is 0.831. The maximum atomic E-state index is 11.9. The number of carbonyl (C=O) groups is 1. The number of carbonyl (C=O) groups excluding carboxylic acids is 1. The van der Waals surface area contributed by atoms with E-state index in [4.69, 9.17) is 0 Å². The van der Waals surface area contributed by atoms with Crippen molar-refractivity contribution in [2.24, 2.45) is 11.0 Å². The predicted octanol–water partition coefficient (Wildman–Crippen LogP) is 3.75. The molecule has 96 valence electrons. The molecule has 1 fully saturated rings. The first-order valence-electron chi connectivity index (χ1n) is 6.26. The fourth-order valence-corrected chi connectivity index (χ4v) is 2.59. The summed E-state index contributed by atoms with van der Waals surface area (Å²) in [5.74, 6) is 0.530. The highest BCUT2D eigenvalue weighted by Crippen LogP contribution is 2.21. The molecule has 1 N–H and O–H groups in total. The summed E-state index contributed by atoms with van der Waals surface area (Å²) < 4.78 is 0.897. The Hall–Kier alpha value is -1.16. The topological polar surface area (TPSA) is 41.5 Å². The van der Waals surface area contributed by atoms with Crippen molar-refractivity contribution in [3.05, 3.63) is 34.3 Å². The zero-order chi connectivity index (χ0) is 13.0. The lowest BCUT2D eigenvalue weighted by Crippen LogP contribution is -2.22. The number of hydrazone groups is 1. The van der Waals surface area contributed by atoms with Gasteiger partial charge in [-0.05, 0) is 49.8 Å².